The first-order chi connectivity index (χ1) is 6.66. The Labute approximate surface area is 78.2 Å². The molecule has 0 bridgehead atoms. The monoisotopic (exact) mass is 194 g/mol. The summed E-state index contributed by atoms with van der Waals surface area (Å²) >= 11 is 0. The van der Waals surface area contributed by atoms with E-state index in [-0.39, 0.29) is 11.6 Å². The van der Waals surface area contributed by atoms with Crippen molar-refractivity contribution in [3.8, 4) is 11.6 Å². The van der Waals surface area contributed by atoms with Gasteiger partial charge in [-0.2, -0.15) is 0 Å². The third-order valence-electron chi connectivity index (χ3n) is 1.56. The number of oxazole rings is 2. The molecule has 0 spiro atoms. The van der Waals surface area contributed by atoms with Crippen molar-refractivity contribution in [1.82, 2.24) is 9.97 Å². The van der Waals surface area contributed by atoms with Gasteiger partial charge in [-0.05, 0) is 0 Å². The van der Waals surface area contributed by atoms with Crippen LogP contribution in [0.15, 0.2) is 21.4 Å². The van der Waals surface area contributed by atoms with Crippen LogP contribution in [0.4, 0.5) is 0 Å². The zero-order valence-electron chi connectivity index (χ0n) is 7.22. The summed E-state index contributed by atoms with van der Waals surface area (Å²) in [5.74, 6) is -0.533. The van der Waals surface area contributed by atoms with Gasteiger partial charge in [-0.1, -0.05) is 0 Å². The highest BCUT2D eigenvalue weighted by molar-refractivity contribution is 5.85. The van der Waals surface area contributed by atoms with Crippen LogP contribution in [-0.4, -0.2) is 21.0 Å². The number of carbonyl (C=O) groups is 1. The summed E-state index contributed by atoms with van der Waals surface area (Å²) in [5.41, 5.74) is 0.232. The molecule has 0 radical (unpaired) electrons. The number of hydrogen-bond acceptors (Lipinski definition) is 5. The van der Waals surface area contributed by atoms with Crippen molar-refractivity contribution in [2.24, 2.45) is 0 Å². The highest BCUT2D eigenvalue weighted by Gasteiger charge is 2.14. The van der Waals surface area contributed by atoms with Crippen molar-refractivity contribution < 1.29 is 18.7 Å². The Morgan fingerprint density at radius 3 is 2.64 bits per heavy atom. The first kappa shape index (κ1) is 8.49. The van der Waals surface area contributed by atoms with Crippen molar-refractivity contribution in [3.05, 3.63) is 24.1 Å². The Bertz CT molecular complexity index is 471. The SMILES string of the molecule is Cc1nc(-c2nc(C(=O)O)co2)co1. The lowest BCUT2D eigenvalue weighted by Crippen LogP contribution is -1.95. The highest BCUT2D eigenvalue weighted by Crippen LogP contribution is 2.17. The van der Waals surface area contributed by atoms with Gasteiger partial charge in [-0.25, -0.2) is 14.8 Å². The van der Waals surface area contributed by atoms with E-state index in [1.807, 2.05) is 0 Å². The number of nitrogens with zero attached hydrogens (tertiary/aromatic N) is 2. The standard InChI is InChI=1S/C8H6N2O4/c1-4-9-5(2-13-4)7-10-6(3-14-7)8(11)12/h2-3H,1H3,(H,11,12). The topological polar surface area (TPSA) is 89.4 Å². The first-order valence-corrected chi connectivity index (χ1v) is 3.78. The summed E-state index contributed by atoms with van der Waals surface area (Å²) in [4.78, 5) is 18.1. The van der Waals surface area contributed by atoms with E-state index >= 15 is 0 Å². The number of aromatic carboxylic acids is 1. The minimum Gasteiger partial charge on any atom is -0.476 e. The second kappa shape index (κ2) is 2.99. The highest BCUT2D eigenvalue weighted by atomic mass is 16.4. The zero-order valence-corrected chi connectivity index (χ0v) is 7.22. The molecule has 0 unspecified atom stereocenters. The Kier molecular flexibility index (Phi) is 1.81. The number of aromatic nitrogens is 2. The van der Waals surface area contributed by atoms with E-state index in [2.05, 4.69) is 9.97 Å². The van der Waals surface area contributed by atoms with E-state index in [0.29, 0.717) is 11.6 Å². The first-order valence-electron chi connectivity index (χ1n) is 3.78. The van der Waals surface area contributed by atoms with E-state index in [9.17, 15) is 4.79 Å². The molecule has 0 aliphatic heterocycles. The van der Waals surface area contributed by atoms with Crippen molar-refractivity contribution >= 4 is 5.97 Å². The zero-order chi connectivity index (χ0) is 10.1. The summed E-state index contributed by atoms with van der Waals surface area (Å²) in [5, 5.41) is 8.58. The lowest BCUT2D eigenvalue weighted by atomic mass is 10.5. The van der Waals surface area contributed by atoms with E-state index < -0.39 is 5.97 Å². The van der Waals surface area contributed by atoms with Crippen LogP contribution in [0.3, 0.4) is 0 Å². The minimum atomic E-state index is -1.14. The van der Waals surface area contributed by atoms with Crippen LogP contribution in [-0.2, 0) is 0 Å². The van der Waals surface area contributed by atoms with E-state index in [1.54, 1.807) is 6.92 Å². The van der Waals surface area contributed by atoms with Crippen LogP contribution in [0, 0.1) is 6.92 Å². The number of rotatable bonds is 2. The van der Waals surface area contributed by atoms with E-state index in [4.69, 9.17) is 13.9 Å². The molecule has 6 heteroatoms. The molecule has 72 valence electrons. The maximum atomic E-state index is 10.5. The average molecular weight is 194 g/mol. The lowest BCUT2D eigenvalue weighted by Gasteiger charge is -1.82. The predicted molar refractivity (Wildman–Crippen MR) is 43.7 cm³/mol. The molecular formula is C8H6N2O4. The van der Waals surface area contributed by atoms with Gasteiger partial charge in [0, 0.05) is 6.92 Å². The fraction of sp³-hybridized carbons (Fsp3) is 0.125. The number of hydrogen-bond donors (Lipinski definition) is 1. The van der Waals surface area contributed by atoms with Crippen molar-refractivity contribution in [1.29, 1.82) is 0 Å². The van der Waals surface area contributed by atoms with E-state index in [0.717, 1.165) is 6.26 Å². The van der Waals surface area contributed by atoms with Crippen molar-refractivity contribution in [3.63, 3.8) is 0 Å². The van der Waals surface area contributed by atoms with Crippen molar-refractivity contribution in [2.45, 2.75) is 6.92 Å². The molecule has 0 saturated heterocycles. The predicted octanol–water partition coefficient (Wildman–Crippen LogP) is 1.34. The van der Waals surface area contributed by atoms with Crippen LogP contribution in [0.2, 0.25) is 0 Å². The number of aryl methyl sites for hydroxylation is 1. The molecule has 0 aromatic carbocycles. The van der Waals surface area contributed by atoms with Gasteiger partial charge >= 0.3 is 5.97 Å². The van der Waals surface area contributed by atoms with Gasteiger partial charge in [-0.15, -0.1) is 0 Å². The fourth-order valence-corrected chi connectivity index (χ4v) is 0.951. The molecule has 6 nitrogen and oxygen atoms in total. The van der Waals surface area contributed by atoms with Crippen LogP contribution < -0.4 is 0 Å². The third-order valence-corrected chi connectivity index (χ3v) is 1.56. The average Bonchev–Trinajstić information content (AvgIpc) is 2.70. The molecule has 2 aromatic rings. The Morgan fingerprint density at radius 1 is 1.36 bits per heavy atom. The number of carboxylic acid groups (broad SMARTS) is 1. The summed E-state index contributed by atoms with van der Waals surface area (Å²) in [6.07, 6.45) is 2.41. The van der Waals surface area contributed by atoms with Gasteiger partial charge in [0.15, 0.2) is 17.3 Å². The summed E-state index contributed by atoms with van der Waals surface area (Å²) < 4.78 is 9.84. The number of carboxylic acids is 1. The summed E-state index contributed by atoms with van der Waals surface area (Å²) in [6, 6.07) is 0. The third kappa shape index (κ3) is 1.37. The Morgan fingerprint density at radius 2 is 2.14 bits per heavy atom. The molecular weight excluding hydrogens is 188 g/mol. The van der Waals surface area contributed by atoms with Gasteiger partial charge in [-0.3, -0.25) is 0 Å². The van der Waals surface area contributed by atoms with Gasteiger partial charge < -0.3 is 13.9 Å². The van der Waals surface area contributed by atoms with Crippen LogP contribution in [0.5, 0.6) is 0 Å². The molecule has 0 fully saturated rings. The van der Waals surface area contributed by atoms with Crippen LogP contribution in [0.1, 0.15) is 16.4 Å². The second-order valence-electron chi connectivity index (χ2n) is 2.59. The molecule has 0 amide bonds. The molecule has 14 heavy (non-hydrogen) atoms. The lowest BCUT2D eigenvalue weighted by molar-refractivity contribution is 0.0690. The van der Waals surface area contributed by atoms with E-state index in [1.165, 1.54) is 6.26 Å². The maximum absolute atomic E-state index is 10.5. The Hall–Kier alpha value is -2.11. The van der Waals surface area contributed by atoms with Gasteiger partial charge in [0.1, 0.15) is 12.5 Å². The van der Waals surface area contributed by atoms with Gasteiger partial charge in [0.25, 0.3) is 0 Å². The minimum absolute atomic E-state index is 0.138. The molecule has 2 heterocycles. The molecule has 0 aliphatic rings. The molecule has 1 N–H and O–H groups in total. The molecule has 2 aromatic heterocycles. The van der Waals surface area contributed by atoms with Gasteiger partial charge in [0.05, 0.1) is 0 Å². The van der Waals surface area contributed by atoms with Crippen LogP contribution >= 0.6 is 0 Å². The second-order valence-corrected chi connectivity index (χ2v) is 2.59. The van der Waals surface area contributed by atoms with Crippen LogP contribution in [0.25, 0.3) is 11.6 Å². The van der Waals surface area contributed by atoms with Gasteiger partial charge in [0.2, 0.25) is 5.89 Å². The smallest absolute Gasteiger partial charge is 0.357 e. The molecule has 0 atom stereocenters. The fourth-order valence-electron chi connectivity index (χ4n) is 0.951. The largest absolute Gasteiger partial charge is 0.476 e. The normalized spacial score (nSPS) is 10.4. The molecule has 2 rings (SSSR count). The summed E-state index contributed by atoms with van der Waals surface area (Å²) in [7, 11) is 0. The molecule has 0 saturated carbocycles. The maximum Gasteiger partial charge on any atom is 0.357 e. The summed E-state index contributed by atoms with van der Waals surface area (Å²) in [6.45, 7) is 1.67. The molecule has 0 aliphatic carbocycles. The Balaban J connectivity index is 2.38. The quantitative estimate of drug-likeness (QED) is 0.775. The van der Waals surface area contributed by atoms with Crippen molar-refractivity contribution in [2.75, 3.05) is 0 Å².